The normalized spacial score (nSPS) is 15.9. The smallest absolute Gasteiger partial charge is 0.123 e. The fraction of sp³-hybridized carbons (Fsp3) is 0.417. The first-order valence-corrected chi connectivity index (χ1v) is 10.4. The van der Waals surface area contributed by atoms with Crippen LogP contribution < -0.4 is 4.74 Å². The second-order valence-corrected chi connectivity index (χ2v) is 7.88. The summed E-state index contributed by atoms with van der Waals surface area (Å²) in [5.74, 6) is 1.31. The Balaban J connectivity index is 1.12. The number of benzene rings is 2. The number of hydrogen-bond donors (Lipinski definition) is 0. The molecule has 0 atom stereocenters. The molecular weight excluding hydrogens is 351 g/mol. The summed E-state index contributed by atoms with van der Waals surface area (Å²) in [6, 6.07) is 14.8. The molecule has 0 N–H and O–H groups in total. The summed E-state index contributed by atoms with van der Waals surface area (Å²) in [5, 5.41) is 2.67. The van der Waals surface area contributed by atoms with Gasteiger partial charge in [0.15, 0.2) is 0 Å². The van der Waals surface area contributed by atoms with Crippen LogP contribution in [0.15, 0.2) is 60.9 Å². The minimum absolute atomic E-state index is 0.221. The van der Waals surface area contributed by atoms with Gasteiger partial charge in [0.2, 0.25) is 0 Å². The van der Waals surface area contributed by atoms with Crippen LogP contribution in [0.2, 0.25) is 0 Å². The Hall–Kier alpha value is -2.33. The van der Waals surface area contributed by atoms with E-state index in [0.29, 0.717) is 6.61 Å². The van der Waals surface area contributed by atoms with Crippen molar-refractivity contribution >= 4 is 10.8 Å². The summed E-state index contributed by atoms with van der Waals surface area (Å²) < 4.78 is 20.9. The van der Waals surface area contributed by atoms with Gasteiger partial charge in [-0.2, -0.15) is 0 Å². The number of fused-ring (bicyclic) bond motifs is 1. The second-order valence-electron chi connectivity index (χ2n) is 7.88. The molecule has 4 rings (SSSR count). The molecule has 2 aromatic carbocycles. The van der Waals surface area contributed by atoms with Gasteiger partial charge in [-0.25, -0.2) is 4.39 Å². The zero-order chi connectivity index (χ0) is 19.2. The summed E-state index contributed by atoms with van der Waals surface area (Å²) in [5.41, 5.74) is 0. The van der Waals surface area contributed by atoms with Gasteiger partial charge < -0.3 is 14.2 Å². The lowest BCUT2D eigenvalue weighted by molar-refractivity contribution is 0.168. The standard InChI is InChI=1S/C24H29FN2O/c25-23-7-9-24(10-8-23)28-16-4-3-13-26-14-11-20(12-15-26)17-27-18-21-5-1-2-6-22(21)19-27/h1-2,5-10,18-20H,3-4,11-17H2. The fourth-order valence-electron chi connectivity index (χ4n) is 4.10. The van der Waals surface area contributed by atoms with Gasteiger partial charge in [0.25, 0.3) is 0 Å². The maximum absolute atomic E-state index is 12.9. The van der Waals surface area contributed by atoms with E-state index in [-0.39, 0.29) is 5.82 Å². The summed E-state index contributed by atoms with van der Waals surface area (Å²) >= 11 is 0. The largest absolute Gasteiger partial charge is 0.494 e. The molecule has 0 spiro atoms. The highest BCUT2D eigenvalue weighted by Gasteiger charge is 2.19. The van der Waals surface area contributed by atoms with Crippen molar-refractivity contribution in [3.63, 3.8) is 0 Å². The predicted molar refractivity (Wildman–Crippen MR) is 112 cm³/mol. The number of unbranched alkanes of at least 4 members (excludes halogenated alkanes) is 1. The van der Waals surface area contributed by atoms with Crippen molar-refractivity contribution in [3.8, 4) is 5.75 Å². The van der Waals surface area contributed by atoms with Crippen molar-refractivity contribution in [2.75, 3.05) is 26.2 Å². The summed E-state index contributed by atoms with van der Waals surface area (Å²) in [4.78, 5) is 2.58. The maximum atomic E-state index is 12.9. The van der Waals surface area contributed by atoms with Crippen molar-refractivity contribution in [1.29, 1.82) is 0 Å². The van der Waals surface area contributed by atoms with Crippen LogP contribution in [-0.4, -0.2) is 35.7 Å². The van der Waals surface area contributed by atoms with Crippen LogP contribution in [-0.2, 0) is 6.54 Å². The molecule has 3 nitrogen and oxygen atoms in total. The van der Waals surface area contributed by atoms with Crippen LogP contribution in [0.4, 0.5) is 4.39 Å². The number of nitrogens with zero attached hydrogens (tertiary/aromatic N) is 2. The van der Waals surface area contributed by atoms with Crippen molar-refractivity contribution in [2.45, 2.75) is 32.2 Å². The SMILES string of the molecule is Fc1ccc(OCCCCN2CCC(Cn3cc4ccccc4c3)CC2)cc1. The van der Waals surface area contributed by atoms with Gasteiger partial charge in [-0.3, -0.25) is 0 Å². The minimum Gasteiger partial charge on any atom is -0.494 e. The summed E-state index contributed by atoms with van der Waals surface area (Å²) in [6.45, 7) is 5.37. The van der Waals surface area contributed by atoms with E-state index in [0.717, 1.165) is 37.6 Å². The van der Waals surface area contributed by atoms with Crippen LogP contribution in [0, 0.1) is 11.7 Å². The zero-order valence-corrected chi connectivity index (χ0v) is 16.4. The fourth-order valence-corrected chi connectivity index (χ4v) is 4.10. The van der Waals surface area contributed by atoms with Crippen LogP contribution in [0.5, 0.6) is 5.75 Å². The van der Waals surface area contributed by atoms with Crippen molar-refractivity contribution in [1.82, 2.24) is 9.47 Å². The second kappa shape index (κ2) is 9.24. The van der Waals surface area contributed by atoms with Gasteiger partial charge in [-0.15, -0.1) is 0 Å². The molecule has 28 heavy (non-hydrogen) atoms. The molecule has 1 aliphatic rings. The van der Waals surface area contributed by atoms with Crippen LogP contribution in [0.25, 0.3) is 10.8 Å². The lowest BCUT2D eigenvalue weighted by Crippen LogP contribution is -2.35. The summed E-state index contributed by atoms with van der Waals surface area (Å²) in [7, 11) is 0. The van der Waals surface area contributed by atoms with Crippen LogP contribution in [0.3, 0.4) is 0 Å². The van der Waals surface area contributed by atoms with Crippen molar-refractivity contribution in [3.05, 3.63) is 66.7 Å². The maximum Gasteiger partial charge on any atom is 0.123 e. The van der Waals surface area contributed by atoms with Gasteiger partial charge in [-0.1, -0.05) is 24.3 Å². The van der Waals surface area contributed by atoms with E-state index in [1.807, 2.05) is 0 Å². The summed E-state index contributed by atoms with van der Waals surface area (Å²) in [6.07, 6.45) is 9.30. The monoisotopic (exact) mass is 380 g/mol. The first kappa shape index (κ1) is 19.0. The highest BCUT2D eigenvalue weighted by molar-refractivity contribution is 5.82. The molecule has 0 bridgehead atoms. The van der Waals surface area contributed by atoms with Crippen molar-refractivity contribution < 1.29 is 9.13 Å². The topological polar surface area (TPSA) is 17.4 Å². The lowest BCUT2D eigenvalue weighted by Gasteiger charge is -2.32. The number of rotatable bonds is 8. The van der Waals surface area contributed by atoms with Crippen molar-refractivity contribution in [2.24, 2.45) is 5.92 Å². The van der Waals surface area contributed by atoms with Gasteiger partial charge >= 0.3 is 0 Å². The van der Waals surface area contributed by atoms with Gasteiger partial charge in [0, 0.05) is 18.9 Å². The third-order valence-electron chi connectivity index (χ3n) is 5.73. The van der Waals surface area contributed by atoms with Gasteiger partial charge in [-0.05, 0) is 86.3 Å². The van der Waals surface area contributed by atoms with E-state index in [4.69, 9.17) is 4.74 Å². The van der Waals surface area contributed by atoms with E-state index in [2.05, 4.69) is 46.1 Å². The van der Waals surface area contributed by atoms with Crippen LogP contribution in [0.1, 0.15) is 25.7 Å². The number of aromatic nitrogens is 1. The van der Waals surface area contributed by atoms with Crippen LogP contribution >= 0.6 is 0 Å². The number of ether oxygens (including phenoxy) is 1. The molecule has 1 aromatic heterocycles. The third-order valence-corrected chi connectivity index (χ3v) is 5.73. The molecule has 3 aromatic rings. The Morgan fingerprint density at radius 1 is 0.893 bits per heavy atom. The Bertz CT molecular complexity index is 833. The van der Waals surface area contributed by atoms with E-state index < -0.39 is 0 Å². The van der Waals surface area contributed by atoms with E-state index in [1.54, 1.807) is 12.1 Å². The number of piperidine rings is 1. The zero-order valence-electron chi connectivity index (χ0n) is 16.4. The minimum atomic E-state index is -0.221. The average Bonchev–Trinajstić information content (AvgIpc) is 3.13. The Kier molecular flexibility index (Phi) is 6.27. The molecule has 0 aliphatic carbocycles. The van der Waals surface area contributed by atoms with E-state index >= 15 is 0 Å². The van der Waals surface area contributed by atoms with E-state index in [1.165, 1.54) is 48.8 Å². The molecule has 4 heteroatoms. The highest BCUT2D eigenvalue weighted by Crippen LogP contribution is 2.22. The molecule has 148 valence electrons. The molecule has 0 unspecified atom stereocenters. The highest BCUT2D eigenvalue weighted by atomic mass is 19.1. The molecule has 2 heterocycles. The molecular formula is C24H29FN2O. The lowest BCUT2D eigenvalue weighted by atomic mass is 9.96. The first-order chi connectivity index (χ1) is 13.8. The molecule has 1 fully saturated rings. The quantitative estimate of drug-likeness (QED) is 0.490. The molecule has 0 saturated carbocycles. The molecule has 1 saturated heterocycles. The number of likely N-dealkylation sites (tertiary alicyclic amines) is 1. The predicted octanol–water partition coefficient (Wildman–Crippen LogP) is 5.35. The number of hydrogen-bond acceptors (Lipinski definition) is 2. The Morgan fingerprint density at radius 3 is 2.25 bits per heavy atom. The third kappa shape index (κ3) is 5.14. The Labute approximate surface area is 166 Å². The van der Waals surface area contributed by atoms with Gasteiger partial charge in [0.1, 0.15) is 11.6 Å². The Morgan fingerprint density at radius 2 is 1.57 bits per heavy atom. The first-order valence-electron chi connectivity index (χ1n) is 10.4. The van der Waals surface area contributed by atoms with E-state index in [9.17, 15) is 4.39 Å². The average molecular weight is 381 g/mol. The van der Waals surface area contributed by atoms with Gasteiger partial charge in [0.05, 0.1) is 6.61 Å². The molecule has 0 amide bonds. The molecule has 0 radical (unpaired) electrons. The molecule has 1 aliphatic heterocycles. The number of halogens is 1.